The van der Waals surface area contributed by atoms with Crippen LogP contribution in [0.5, 0.6) is 0 Å². The maximum absolute atomic E-state index is 13.0. The highest BCUT2D eigenvalue weighted by atomic mass is 32.2. The Labute approximate surface area is 168 Å². The van der Waals surface area contributed by atoms with Crippen molar-refractivity contribution >= 4 is 15.7 Å². The van der Waals surface area contributed by atoms with Crippen molar-refractivity contribution in [1.29, 1.82) is 0 Å². The Hall–Kier alpha value is -1.89. The van der Waals surface area contributed by atoms with Crippen molar-refractivity contribution in [3.05, 3.63) is 60.2 Å². The van der Waals surface area contributed by atoms with Gasteiger partial charge in [-0.1, -0.05) is 36.4 Å². The zero-order valence-electron chi connectivity index (χ0n) is 16.5. The number of rotatable bonds is 4. The van der Waals surface area contributed by atoms with Crippen molar-refractivity contribution in [3.63, 3.8) is 0 Å². The maximum atomic E-state index is 13.0. The van der Waals surface area contributed by atoms with Crippen LogP contribution in [-0.2, 0) is 10.0 Å². The van der Waals surface area contributed by atoms with Gasteiger partial charge in [-0.25, -0.2) is 8.42 Å². The lowest BCUT2D eigenvalue weighted by Gasteiger charge is -2.43. The highest BCUT2D eigenvalue weighted by Crippen LogP contribution is 2.26. The molecule has 28 heavy (non-hydrogen) atoms. The highest BCUT2D eigenvalue weighted by Gasteiger charge is 2.33. The maximum Gasteiger partial charge on any atom is 0.243 e. The van der Waals surface area contributed by atoms with Gasteiger partial charge in [-0.2, -0.15) is 4.31 Å². The smallest absolute Gasteiger partial charge is 0.243 e. The molecule has 0 aromatic heterocycles. The van der Waals surface area contributed by atoms with Gasteiger partial charge in [0.25, 0.3) is 0 Å². The Morgan fingerprint density at radius 2 is 1.54 bits per heavy atom. The topological polar surface area (TPSA) is 43.9 Å². The van der Waals surface area contributed by atoms with Crippen molar-refractivity contribution in [2.75, 3.05) is 44.2 Å². The largest absolute Gasteiger partial charge is 0.369 e. The third-order valence-electron chi connectivity index (χ3n) is 6.03. The third-order valence-corrected chi connectivity index (χ3v) is 7.91. The minimum absolute atomic E-state index is 0.311. The van der Waals surface area contributed by atoms with Crippen molar-refractivity contribution in [3.8, 4) is 0 Å². The fourth-order valence-electron chi connectivity index (χ4n) is 4.42. The molecule has 0 saturated carbocycles. The zero-order valence-corrected chi connectivity index (χ0v) is 17.3. The van der Waals surface area contributed by atoms with Crippen molar-refractivity contribution < 1.29 is 8.42 Å². The van der Waals surface area contributed by atoms with Crippen LogP contribution in [0.4, 0.5) is 5.69 Å². The van der Waals surface area contributed by atoms with E-state index in [1.165, 1.54) is 11.3 Å². The lowest BCUT2D eigenvalue weighted by molar-refractivity contribution is 0.128. The quantitative estimate of drug-likeness (QED) is 0.793. The third kappa shape index (κ3) is 3.95. The molecule has 5 nitrogen and oxygen atoms in total. The highest BCUT2D eigenvalue weighted by molar-refractivity contribution is 7.89. The van der Waals surface area contributed by atoms with E-state index in [2.05, 4.69) is 41.0 Å². The summed E-state index contributed by atoms with van der Waals surface area (Å²) >= 11 is 0. The molecule has 2 saturated heterocycles. The predicted octanol–water partition coefficient (Wildman–Crippen LogP) is 2.97. The molecule has 2 aromatic rings. The van der Waals surface area contributed by atoms with Gasteiger partial charge in [-0.05, 0) is 43.5 Å². The Bertz CT molecular complexity index is 893. The molecular weight excluding hydrogens is 370 g/mol. The Kier molecular flexibility index (Phi) is 5.71. The number of hydrogen-bond acceptors (Lipinski definition) is 4. The summed E-state index contributed by atoms with van der Waals surface area (Å²) in [7, 11) is -3.40. The molecule has 0 radical (unpaired) electrons. The SMILES string of the molecule is Cc1ccccc1N1CCN(C2CCCN(S(=O)(=O)c3ccccc3)C2)CC1. The summed E-state index contributed by atoms with van der Waals surface area (Å²) in [5.74, 6) is 0. The minimum Gasteiger partial charge on any atom is -0.369 e. The Morgan fingerprint density at radius 3 is 2.25 bits per heavy atom. The van der Waals surface area contributed by atoms with E-state index in [0.29, 0.717) is 24.0 Å². The number of nitrogens with zero attached hydrogens (tertiary/aromatic N) is 3. The van der Waals surface area contributed by atoms with Gasteiger partial charge in [0.2, 0.25) is 10.0 Å². The average Bonchev–Trinajstić information content (AvgIpc) is 2.75. The second kappa shape index (κ2) is 8.23. The van der Waals surface area contributed by atoms with Crippen LogP contribution in [0.15, 0.2) is 59.5 Å². The number of aryl methyl sites for hydroxylation is 1. The molecule has 2 aliphatic heterocycles. The standard InChI is InChI=1S/C22H29N3O2S/c1-19-8-5-6-12-22(19)24-16-14-23(15-17-24)20-9-7-13-25(18-20)28(26,27)21-10-3-2-4-11-21/h2-6,8,10-12,20H,7,9,13-18H2,1H3. The monoisotopic (exact) mass is 399 g/mol. The molecule has 0 amide bonds. The lowest BCUT2D eigenvalue weighted by Crippen LogP contribution is -2.55. The summed E-state index contributed by atoms with van der Waals surface area (Å²) < 4.78 is 27.7. The van der Waals surface area contributed by atoms with Crippen LogP contribution in [0, 0.1) is 6.92 Å². The van der Waals surface area contributed by atoms with E-state index < -0.39 is 10.0 Å². The first-order valence-electron chi connectivity index (χ1n) is 10.2. The molecule has 2 heterocycles. The van der Waals surface area contributed by atoms with Gasteiger partial charge in [0, 0.05) is 51.0 Å². The van der Waals surface area contributed by atoms with Crippen LogP contribution in [0.25, 0.3) is 0 Å². The lowest BCUT2D eigenvalue weighted by atomic mass is 10.0. The van der Waals surface area contributed by atoms with Crippen molar-refractivity contribution in [2.24, 2.45) is 0 Å². The Balaban J connectivity index is 1.40. The first-order chi connectivity index (χ1) is 13.6. The normalized spacial score (nSPS) is 22.3. The van der Waals surface area contributed by atoms with Crippen molar-refractivity contribution in [2.45, 2.75) is 30.7 Å². The molecule has 0 bridgehead atoms. The van der Waals surface area contributed by atoms with E-state index in [1.54, 1.807) is 28.6 Å². The van der Waals surface area contributed by atoms with E-state index in [4.69, 9.17) is 0 Å². The van der Waals surface area contributed by atoms with Gasteiger partial charge in [-0.15, -0.1) is 0 Å². The second-order valence-electron chi connectivity index (χ2n) is 7.78. The molecule has 1 unspecified atom stereocenters. The Morgan fingerprint density at radius 1 is 0.857 bits per heavy atom. The van der Waals surface area contributed by atoms with Gasteiger partial charge in [-0.3, -0.25) is 4.90 Å². The van der Waals surface area contributed by atoms with E-state index >= 15 is 0 Å². The van der Waals surface area contributed by atoms with Crippen molar-refractivity contribution in [1.82, 2.24) is 9.21 Å². The molecule has 0 spiro atoms. The summed E-state index contributed by atoms with van der Waals surface area (Å²) in [6.07, 6.45) is 2.00. The minimum atomic E-state index is -3.40. The van der Waals surface area contributed by atoms with Gasteiger partial charge in [0.05, 0.1) is 4.90 Å². The first-order valence-corrected chi connectivity index (χ1v) is 11.6. The summed E-state index contributed by atoms with van der Waals surface area (Å²) in [6.45, 7) is 7.34. The van der Waals surface area contributed by atoms with Crippen LogP contribution in [0.2, 0.25) is 0 Å². The number of piperidine rings is 1. The van der Waals surface area contributed by atoms with Crippen LogP contribution < -0.4 is 4.90 Å². The molecule has 4 rings (SSSR count). The number of anilines is 1. The van der Waals surface area contributed by atoms with Crippen LogP contribution in [0.3, 0.4) is 0 Å². The molecule has 0 N–H and O–H groups in total. The fraction of sp³-hybridized carbons (Fsp3) is 0.455. The number of para-hydroxylation sites is 1. The molecule has 2 aromatic carbocycles. The number of sulfonamides is 1. The zero-order chi connectivity index (χ0) is 19.6. The van der Waals surface area contributed by atoms with E-state index in [1.807, 2.05) is 6.07 Å². The van der Waals surface area contributed by atoms with E-state index in [-0.39, 0.29) is 0 Å². The van der Waals surface area contributed by atoms with Crippen LogP contribution >= 0.6 is 0 Å². The summed E-state index contributed by atoms with van der Waals surface area (Å²) in [4.78, 5) is 5.34. The molecule has 1 atom stereocenters. The first kappa shape index (κ1) is 19.4. The summed E-state index contributed by atoms with van der Waals surface area (Å²) in [5.41, 5.74) is 2.63. The van der Waals surface area contributed by atoms with Gasteiger partial charge >= 0.3 is 0 Å². The average molecular weight is 400 g/mol. The van der Waals surface area contributed by atoms with Crippen LogP contribution in [0.1, 0.15) is 18.4 Å². The molecule has 2 aliphatic rings. The molecule has 6 heteroatoms. The van der Waals surface area contributed by atoms with Crippen LogP contribution in [-0.4, -0.2) is 62.9 Å². The number of benzene rings is 2. The fourth-order valence-corrected chi connectivity index (χ4v) is 5.96. The number of hydrogen-bond donors (Lipinski definition) is 0. The predicted molar refractivity (Wildman–Crippen MR) is 113 cm³/mol. The van der Waals surface area contributed by atoms with Gasteiger partial charge in [0.15, 0.2) is 0 Å². The summed E-state index contributed by atoms with van der Waals surface area (Å²) in [6, 6.07) is 17.7. The second-order valence-corrected chi connectivity index (χ2v) is 9.72. The van der Waals surface area contributed by atoms with Gasteiger partial charge < -0.3 is 4.90 Å². The molecule has 0 aliphatic carbocycles. The molecule has 2 fully saturated rings. The van der Waals surface area contributed by atoms with E-state index in [0.717, 1.165) is 39.0 Å². The molecular formula is C22H29N3O2S. The number of piperazine rings is 1. The van der Waals surface area contributed by atoms with Gasteiger partial charge in [0.1, 0.15) is 0 Å². The van der Waals surface area contributed by atoms with E-state index in [9.17, 15) is 8.42 Å². The summed E-state index contributed by atoms with van der Waals surface area (Å²) in [5, 5.41) is 0. The molecule has 150 valence electrons.